The molecule has 1 N–H and O–H groups in total. The predicted molar refractivity (Wildman–Crippen MR) is 108 cm³/mol. The van der Waals surface area contributed by atoms with Crippen LogP contribution >= 0.6 is 11.3 Å². The largest absolute Gasteiger partial charge is 0.278 e. The first kappa shape index (κ1) is 15.0. The van der Waals surface area contributed by atoms with Crippen molar-refractivity contribution in [3.63, 3.8) is 0 Å². The van der Waals surface area contributed by atoms with Gasteiger partial charge in [0.2, 0.25) is 0 Å². The standard InChI is InChI=1S/C22H15N3S/c1-2-6-15(7-3-1)20-14-18(19-11-12-23-25-19)16-8-4-9-17(22(16)24-20)21-10-5-13-26-21/h1-14H,(H,23,25). The summed E-state index contributed by atoms with van der Waals surface area (Å²) < 4.78 is 0. The lowest BCUT2D eigenvalue weighted by Crippen LogP contribution is -1.92. The van der Waals surface area contributed by atoms with Gasteiger partial charge in [-0.15, -0.1) is 11.3 Å². The van der Waals surface area contributed by atoms with E-state index >= 15 is 0 Å². The molecule has 0 saturated carbocycles. The van der Waals surface area contributed by atoms with E-state index in [-0.39, 0.29) is 0 Å². The molecule has 3 heterocycles. The molecule has 0 aliphatic carbocycles. The second-order valence-corrected chi connectivity index (χ2v) is 7.02. The molecular weight excluding hydrogens is 338 g/mol. The van der Waals surface area contributed by atoms with Gasteiger partial charge in [-0.1, -0.05) is 54.6 Å². The first-order chi connectivity index (χ1) is 12.9. The molecule has 0 radical (unpaired) electrons. The second-order valence-electron chi connectivity index (χ2n) is 6.07. The van der Waals surface area contributed by atoms with Gasteiger partial charge in [-0.3, -0.25) is 5.10 Å². The molecule has 0 spiro atoms. The lowest BCUT2D eigenvalue weighted by Gasteiger charge is -2.11. The van der Waals surface area contributed by atoms with E-state index in [9.17, 15) is 0 Å². The van der Waals surface area contributed by atoms with Gasteiger partial charge in [0.05, 0.1) is 16.9 Å². The van der Waals surface area contributed by atoms with Gasteiger partial charge in [0.1, 0.15) is 0 Å². The van der Waals surface area contributed by atoms with Crippen LogP contribution in [0.3, 0.4) is 0 Å². The van der Waals surface area contributed by atoms with E-state index < -0.39 is 0 Å². The molecule has 0 bridgehead atoms. The monoisotopic (exact) mass is 353 g/mol. The van der Waals surface area contributed by atoms with Crippen molar-refractivity contribution in [2.75, 3.05) is 0 Å². The summed E-state index contributed by atoms with van der Waals surface area (Å²) >= 11 is 1.74. The number of pyridine rings is 1. The van der Waals surface area contributed by atoms with Crippen LogP contribution in [-0.4, -0.2) is 15.2 Å². The van der Waals surface area contributed by atoms with Crippen molar-refractivity contribution in [3.8, 4) is 33.0 Å². The molecule has 0 unspecified atom stereocenters. The smallest absolute Gasteiger partial charge is 0.0802 e. The molecule has 0 fully saturated rings. The van der Waals surface area contributed by atoms with E-state index in [4.69, 9.17) is 4.98 Å². The fraction of sp³-hybridized carbons (Fsp3) is 0. The fourth-order valence-corrected chi connectivity index (χ4v) is 4.02. The first-order valence-corrected chi connectivity index (χ1v) is 9.31. The predicted octanol–water partition coefficient (Wildman–Crippen LogP) is 6.02. The number of thiophene rings is 1. The van der Waals surface area contributed by atoms with Crippen LogP contribution in [0.25, 0.3) is 43.9 Å². The Morgan fingerprint density at radius 3 is 2.50 bits per heavy atom. The maximum atomic E-state index is 5.04. The minimum atomic E-state index is 0.965. The lowest BCUT2D eigenvalue weighted by molar-refractivity contribution is 1.10. The number of para-hydroxylation sites is 1. The summed E-state index contributed by atoms with van der Waals surface area (Å²) in [7, 11) is 0. The van der Waals surface area contributed by atoms with Crippen molar-refractivity contribution in [2.24, 2.45) is 0 Å². The van der Waals surface area contributed by atoms with Gasteiger partial charge in [-0.05, 0) is 23.6 Å². The molecule has 0 atom stereocenters. The number of hydrogen-bond donors (Lipinski definition) is 1. The van der Waals surface area contributed by atoms with Gasteiger partial charge in [0.15, 0.2) is 0 Å². The van der Waals surface area contributed by atoms with E-state index in [1.165, 1.54) is 4.88 Å². The summed E-state index contributed by atoms with van der Waals surface area (Å²) in [5.41, 5.74) is 6.36. The van der Waals surface area contributed by atoms with Crippen LogP contribution in [0.15, 0.2) is 84.4 Å². The summed E-state index contributed by atoms with van der Waals surface area (Å²) in [5, 5.41) is 10.5. The molecule has 0 aliphatic rings. The third-order valence-corrected chi connectivity index (χ3v) is 5.39. The number of H-pyrrole nitrogens is 1. The van der Waals surface area contributed by atoms with Crippen molar-refractivity contribution < 1.29 is 0 Å². The molecule has 3 nitrogen and oxygen atoms in total. The van der Waals surface area contributed by atoms with Gasteiger partial charge in [-0.25, -0.2) is 4.98 Å². The molecule has 3 aromatic heterocycles. The Morgan fingerprint density at radius 1 is 0.808 bits per heavy atom. The zero-order valence-corrected chi connectivity index (χ0v) is 14.7. The quantitative estimate of drug-likeness (QED) is 0.431. The molecule has 26 heavy (non-hydrogen) atoms. The number of nitrogens with one attached hydrogen (secondary N) is 1. The molecule has 124 valence electrons. The summed E-state index contributed by atoms with van der Waals surface area (Å²) in [6.07, 6.45) is 1.78. The number of fused-ring (bicyclic) bond motifs is 1. The van der Waals surface area contributed by atoms with Gasteiger partial charge >= 0.3 is 0 Å². The normalized spacial score (nSPS) is 11.1. The Labute approximate surface area is 155 Å². The van der Waals surface area contributed by atoms with Crippen LogP contribution in [-0.2, 0) is 0 Å². The molecular formula is C22H15N3S. The molecule has 4 heteroatoms. The highest BCUT2D eigenvalue weighted by atomic mass is 32.1. The molecule has 5 rings (SSSR count). The van der Waals surface area contributed by atoms with E-state index in [1.54, 1.807) is 17.5 Å². The van der Waals surface area contributed by atoms with Crippen LogP contribution in [0.1, 0.15) is 0 Å². The Bertz CT molecular complexity index is 1160. The number of nitrogens with zero attached hydrogens (tertiary/aromatic N) is 2. The van der Waals surface area contributed by atoms with Crippen LogP contribution in [0, 0.1) is 0 Å². The third kappa shape index (κ3) is 2.52. The number of aromatic nitrogens is 3. The van der Waals surface area contributed by atoms with E-state index in [2.05, 4.69) is 64.1 Å². The second kappa shape index (κ2) is 6.24. The highest BCUT2D eigenvalue weighted by Crippen LogP contribution is 2.37. The maximum Gasteiger partial charge on any atom is 0.0802 e. The van der Waals surface area contributed by atoms with Crippen LogP contribution in [0.4, 0.5) is 0 Å². The molecule has 0 saturated heterocycles. The molecule has 0 aliphatic heterocycles. The van der Waals surface area contributed by atoms with Gasteiger partial charge in [-0.2, -0.15) is 5.10 Å². The van der Waals surface area contributed by atoms with Crippen molar-refractivity contribution in [1.29, 1.82) is 0 Å². The van der Waals surface area contributed by atoms with Gasteiger partial charge < -0.3 is 0 Å². The van der Waals surface area contributed by atoms with E-state index in [0.717, 1.165) is 39.0 Å². The number of benzene rings is 2. The van der Waals surface area contributed by atoms with E-state index in [0.29, 0.717) is 0 Å². The maximum absolute atomic E-state index is 5.04. The average molecular weight is 353 g/mol. The van der Waals surface area contributed by atoms with Gasteiger partial charge in [0, 0.05) is 33.2 Å². The minimum absolute atomic E-state index is 0.965. The number of hydrogen-bond acceptors (Lipinski definition) is 3. The topological polar surface area (TPSA) is 41.6 Å². The summed E-state index contributed by atoms with van der Waals surface area (Å²) in [5.74, 6) is 0. The zero-order chi connectivity index (χ0) is 17.3. The number of aromatic amines is 1. The molecule has 0 amide bonds. The van der Waals surface area contributed by atoms with Crippen LogP contribution in [0.2, 0.25) is 0 Å². The van der Waals surface area contributed by atoms with Crippen LogP contribution < -0.4 is 0 Å². The Balaban J connectivity index is 1.87. The molecule has 5 aromatic rings. The van der Waals surface area contributed by atoms with Crippen molar-refractivity contribution in [2.45, 2.75) is 0 Å². The highest BCUT2D eigenvalue weighted by Gasteiger charge is 2.14. The van der Waals surface area contributed by atoms with E-state index in [1.807, 2.05) is 24.3 Å². The van der Waals surface area contributed by atoms with Crippen molar-refractivity contribution >= 4 is 22.2 Å². The zero-order valence-electron chi connectivity index (χ0n) is 13.9. The fourth-order valence-electron chi connectivity index (χ4n) is 3.26. The molecule has 2 aromatic carbocycles. The SMILES string of the molecule is c1ccc(-c2cc(-c3ccn[nH]3)c3cccc(-c4cccs4)c3n2)cc1. The number of rotatable bonds is 3. The lowest BCUT2D eigenvalue weighted by atomic mass is 9.99. The van der Waals surface area contributed by atoms with Crippen molar-refractivity contribution in [1.82, 2.24) is 15.2 Å². The Morgan fingerprint density at radius 2 is 1.73 bits per heavy atom. The Kier molecular flexibility index (Phi) is 3.61. The van der Waals surface area contributed by atoms with Crippen molar-refractivity contribution in [3.05, 3.63) is 84.4 Å². The minimum Gasteiger partial charge on any atom is -0.278 e. The highest BCUT2D eigenvalue weighted by molar-refractivity contribution is 7.13. The third-order valence-electron chi connectivity index (χ3n) is 4.49. The van der Waals surface area contributed by atoms with Gasteiger partial charge in [0.25, 0.3) is 0 Å². The summed E-state index contributed by atoms with van der Waals surface area (Å²) in [6, 6.07) is 25.0. The Hall–Kier alpha value is -3.24. The summed E-state index contributed by atoms with van der Waals surface area (Å²) in [4.78, 5) is 6.27. The average Bonchev–Trinajstić information content (AvgIpc) is 3.41. The first-order valence-electron chi connectivity index (χ1n) is 8.43. The summed E-state index contributed by atoms with van der Waals surface area (Å²) in [6.45, 7) is 0. The van der Waals surface area contributed by atoms with Crippen LogP contribution in [0.5, 0.6) is 0 Å².